The molecule has 0 bridgehead atoms. The van der Waals surface area contributed by atoms with Crippen LogP contribution in [0.5, 0.6) is 0 Å². The Labute approximate surface area is 113 Å². The Morgan fingerprint density at radius 2 is 2.26 bits per heavy atom. The van der Waals surface area contributed by atoms with Gasteiger partial charge in [0.2, 0.25) is 0 Å². The number of nitrogens with zero attached hydrogens (tertiary/aromatic N) is 2. The predicted molar refractivity (Wildman–Crippen MR) is 74.4 cm³/mol. The Bertz CT molecular complexity index is 402. The fourth-order valence-electron chi connectivity index (χ4n) is 2.54. The topological polar surface area (TPSA) is 71.1 Å². The molecule has 2 saturated heterocycles. The summed E-state index contributed by atoms with van der Waals surface area (Å²) < 4.78 is 5.58. The monoisotopic (exact) mass is 263 g/mol. The number of anilines is 2. The maximum absolute atomic E-state index is 5.58. The van der Waals surface area contributed by atoms with E-state index in [4.69, 9.17) is 4.74 Å². The normalized spacial score (nSPS) is 26.5. The van der Waals surface area contributed by atoms with Gasteiger partial charge in [-0.3, -0.25) is 0 Å². The molecule has 0 aliphatic carbocycles. The quantitative estimate of drug-likeness (QED) is 0.731. The second-order valence-corrected chi connectivity index (χ2v) is 5.14. The first-order valence-corrected chi connectivity index (χ1v) is 7.05. The highest BCUT2D eigenvalue weighted by molar-refractivity contribution is 5.47. The van der Waals surface area contributed by atoms with Crippen LogP contribution in [0, 0.1) is 0 Å². The molecule has 0 spiro atoms. The number of hydrogen-bond acceptors (Lipinski definition) is 6. The minimum atomic E-state index is 0.324. The van der Waals surface area contributed by atoms with E-state index in [0.717, 1.165) is 57.1 Å². The number of nitrogens with one attached hydrogen (secondary N) is 3. The molecule has 19 heavy (non-hydrogen) atoms. The van der Waals surface area contributed by atoms with Crippen LogP contribution >= 0.6 is 0 Å². The van der Waals surface area contributed by atoms with Crippen LogP contribution in [0.15, 0.2) is 12.4 Å². The van der Waals surface area contributed by atoms with E-state index in [1.807, 2.05) is 6.07 Å². The molecule has 0 amide bonds. The van der Waals surface area contributed by atoms with Crippen molar-refractivity contribution in [3.8, 4) is 0 Å². The van der Waals surface area contributed by atoms with Crippen LogP contribution in [0.1, 0.15) is 19.3 Å². The largest absolute Gasteiger partial charge is 0.376 e. The van der Waals surface area contributed by atoms with E-state index in [9.17, 15) is 0 Å². The van der Waals surface area contributed by atoms with Crippen molar-refractivity contribution in [2.45, 2.75) is 31.4 Å². The molecule has 2 atom stereocenters. The first-order valence-electron chi connectivity index (χ1n) is 7.05. The zero-order valence-electron chi connectivity index (χ0n) is 11.1. The third-order valence-electron chi connectivity index (χ3n) is 3.61. The van der Waals surface area contributed by atoms with Gasteiger partial charge in [-0.1, -0.05) is 0 Å². The molecule has 3 heterocycles. The van der Waals surface area contributed by atoms with Crippen LogP contribution in [0.2, 0.25) is 0 Å². The number of rotatable bonds is 5. The van der Waals surface area contributed by atoms with Crippen molar-refractivity contribution < 1.29 is 4.74 Å². The second-order valence-electron chi connectivity index (χ2n) is 5.14. The molecule has 2 fully saturated rings. The first-order chi connectivity index (χ1) is 9.40. The summed E-state index contributed by atoms with van der Waals surface area (Å²) >= 11 is 0. The summed E-state index contributed by atoms with van der Waals surface area (Å²) in [5.41, 5.74) is 0. The highest BCUT2D eigenvalue weighted by Crippen LogP contribution is 2.15. The summed E-state index contributed by atoms with van der Waals surface area (Å²) in [6.45, 7) is 3.79. The zero-order chi connectivity index (χ0) is 12.9. The van der Waals surface area contributed by atoms with Crippen LogP contribution in [0.3, 0.4) is 0 Å². The van der Waals surface area contributed by atoms with Crippen molar-refractivity contribution in [1.82, 2.24) is 15.3 Å². The highest BCUT2D eigenvalue weighted by Gasteiger charge is 2.16. The summed E-state index contributed by atoms with van der Waals surface area (Å²) in [7, 11) is 0. The Morgan fingerprint density at radius 3 is 3.05 bits per heavy atom. The van der Waals surface area contributed by atoms with E-state index in [0.29, 0.717) is 12.1 Å². The summed E-state index contributed by atoms with van der Waals surface area (Å²) in [4.78, 5) is 8.50. The third kappa shape index (κ3) is 3.54. The van der Waals surface area contributed by atoms with Crippen molar-refractivity contribution in [1.29, 1.82) is 0 Å². The molecule has 104 valence electrons. The van der Waals surface area contributed by atoms with Gasteiger partial charge in [0.25, 0.3) is 0 Å². The minimum Gasteiger partial charge on any atom is -0.376 e. The summed E-state index contributed by atoms with van der Waals surface area (Å²) in [6.07, 6.45) is 5.37. The second kappa shape index (κ2) is 6.16. The molecule has 3 rings (SSSR count). The molecule has 1 aromatic heterocycles. The minimum absolute atomic E-state index is 0.324. The van der Waals surface area contributed by atoms with E-state index in [-0.39, 0.29) is 0 Å². The number of hydrogen-bond donors (Lipinski definition) is 3. The van der Waals surface area contributed by atoms with Gasteiger partial charge in [0.15, 0.2) is 0 Å². The Kier molecular flexibility index (Phi) is 4.10. The molecule has 6 heteroatoms. The van der Waals surface area contributed by atoms with Crippen LogP contribution in [0.25, 0.3) is 0 Å². The van der Waals surface area contributed by atoms with Gasteiger partial charge in [-0.15, -0.1) is 0 Å². The van der Waals surface area contributed by atoms with Crippen molar-refractivity contribution >= 4 is 11.6 Å². The Hall–Kier alpha value is -1.40. The van der Waals surface area contributed by atoms with Gasteiger partial charge in [-0.25, -0.2) is 9.97 Å². The first kappa shape index (κ1) is 12.6. The third-order valence-corrected chi connectivity index (χ3v) is 3.61. The highest BCUT2D eigenvalue weighted by atomic mass is 16.5. The Balaban J connectivity index is 1.52. The van der Waals surface area contributed by atoms with Gasteiger partial charge in [0.05, 0.1) is 6.10 Å². The van der Waals surface area contributed by atoms with Gasteiger partial charge in [0.1, 0.15) is 18.0 Å². The molecule has 0 saturated carbocycles. The van der Waals surface area contributed by atoms with Gasteiger partial charge >= 0.3 is 0 Å². The fraction of sp³-hybridized carbons (Fsp3) is 0.692. The summed E-state index contributed by atoms with van der Waals surface area (Å²) in [6, 6.07) is 2.44. The smallest absolute Gasteiger partial charge is 0.131 e. The summed E-state index contributed by atoms with van der Waals surface area (Å²) in [5.74, 6) is 1.75. The van der Waals surface area contributed by atoms with Crippen molar-refractivity contribution in [3.05, 3.63) is 12.4 Å². The fourth-order valence-corrected chi connectivity index (χ4v) is 2.54. The van der Waals surface area contributed by atoms with Crippen molar-refractivity contribution in [3.63, 3.8) is 0 Å². The lowest BCUT2D eigenvalue weighted by molar-refractivity contribution is 0.120. The molecule has 2 aliphatic rings. The van der Waals surface area contributed by atoms with Gasteiger partial charge in [-0.05, 0) is 25.8 Å². The number of ether oxygens (including phenoxy) is 1. The Morgan fingerprint density at radius 1 is 1.32 bits per heavy atom. The maximum atomic E-state index is 5.58. The van der Waals surface area contributed by atoms with Gasteiger partial charge in [0, 0.05) is 31.8 Å². The molecule has 2 aliphatic heterocycles. The van der Waals surface area contributed by atoms with Gasteiger partial charge in [-0.2, -0.15) is 0 Å². The molecular formula is C13H21N5O. The molecule has 0 radical (unpaired) electrons. The molecular weight excluding hydrogens is 242 g/mol. The van der Waals surface area contributed by atoms with Gasteiger partial charge < -0.3 is 20.7 Å². The number of aromatic nitrogens is 2. The zero-order valence-corrected chi connectivity index (χ0v) is 11.1. The standard InChI is InChI=1S/C13H21N5O/c1-2-11(19-5-1)8-15-12-6-13(17-9-16-12)18-10-3-4-14-7-10/h6,9-11,14H,1-5,7-8H2,(H2,15,16,17,18). The summed E-state index contributed by atoms with van der Waals surface area (Å²) in [5, 5.41) is 10.1. The lowest BCUT2D eigenvalue weighted by atomic mass is 10.2. The average molecular weight is 263 g/mol. The maximum Gasteiger partial charge on any atom is 0.131 e. The van der Waals surface area contributed by atoms with E-state index >= 15 is 0 Å². The SMILES string of the molecule is c1nc(NCC2CCCO2)cc(NC2CCNC2)n1. The lowest BCUT2D eigenvalue weighted by Crippen LogP contribution is -2.23. The van der Waals surface area contributed by atoms with Crippen LogP contribution in [0.4, 0.5) is 11.6 Å². The van der Waals surface area contributed by atoms with Crippen molar-refractivity contribution in [2.75, 3.05) is 36.9 Å². The molecule has 3 N–H and O–H groups in total. The van der Waals surface area contributed by atoms with E-state index in [1.165, 1.54) is 0 Å². The molecule has 0 aromatic carbocycles. The van der Waals surface area contributed by atoms with Crippen molar-refractivity contribution in [2.24, 2.45) is 0 Å². The van der Waals surface area contributed by atoms with Crippen LogP contribution < -0.4 is 16.0 Å². The van der Waals surface area contributed by atoms with Crippen LogP contribution in [-0.2, 0) is 4.74 Å². The molecule has 2 unspecified atom stereocenters. The van der Waals surface area contributed by atoms with E-state index in [1.54, 1.807) is 6.33 Å². The predicted octanol–water partition coefficient (Wildman–Crippen LogP) is 0.841. The molecule has 1 aromatic rings. The lowest BCUT2D eigenvalue weighted by Gasteiger charge is -2.14. The molecule has 6 nitrogen and oxygen atoms in total. The van der Waals surface area contributed by atoms with Crippen LogP contribution in [-0.4, -0.2) is 48.4 Å². The average Bonchev–Trinajstić information content (AvgIpc) is 3.10. The van der Waals surface area contributed by atoms with E-state index < -0.39 is 0 Å². The van der Waals surface area contributed by atoms with E-state index in [2.05, 4.69) is 25.9 Å².